The summed E-state index contributed by atoms with van der Waals surface area (Å²) in [6.07, 6.45) is 3.17. The topological polar surface area (TPSA) is 93.4 Å². The van der Waals surface area contributed by atoms with E-state index < -0.39 is 0 Å². The predicted octanol–water partition coefficient (Wildman–Crippen LogP) is 2.69. The van der Waals surface area contributed by atoms with E-state index in [0.29, 0.717) is 5.02 Å². The quantitative estimate of drug-likeness (QED) is 0.656. The van der Waals surface area contributed by atoms with Crippen molar-refractivity contribution >= 4 is 40.2 Å². The molecular weight excluding hydrogens is 300 g/mol. The number of allylic oxidation sites excluding steroid dienone is 1. The highest BCUT2D eigenvalue weighted by atomic mass is 35.5. The van der Waals surface area contributed by atoms with E-state index in [4.69, 9.17) is 23.1 Å². The van der Waals surface area contributed by atoms with E-state index in [0.717, 1.165) is 48.2 Å². The van der Waals surface area contributed by atoms with Gasteiger partial charge >= 0.3 is 0 Å². The van der Waals surface area contributed by atoms with Crippen molar-refractivity contribution < 1.29 is 0 Å². The summed E-state index contributed by atoms with van der Waals surface area (Å²) in [5.41, 5.74) is 12.7. The highest BCUT2D eigenvalue weighted by Crippen LogP contribution is 2.33. The van der Waals surface area contributed by atoms with Crippen molar-refractivity contribution in [3.8, 4) is 0 Å². The van der Waals surface area contributed by atoms with Gasteiger partial charge in [0.2, 0.25) is 0 Å². The number of anilines is 1. The van der Waals surface area contributed by atoms with Gasteiger partial charge < -0.3 is 16.4 Å². The van der Waals surface area contributed by atoms with Crippen LogP contribution in [0.1, 0.15) is 19.3 Å². The minimum absolute atomic E-state index is 0.0725. The number of aliphatic imine (C=N–C) groups is 1. The summed E-state index contributed by atoms with van der Waals surface area (Å²) >= 11 is 6.13. The second-order valence-electron chi connectivity index (χ2n) is 5.22. The highest BCUT2D eigenvalue weighted by molar-refractivity contribution is 6.31. The zero-order chi connectivity index (χ0) is 15.7. The maximum Gasteiger partial charge on any atom is 0.255 e. The molecule has 1 aliphatic rings. The van der Waals surface area contributed by atoms with Crippen molar-refractivity contribution in [3.05, 3.63) is 35.5 Å². The smallest absolute Gasteiger partial charge is 0.255 e. The molecular formula is C15H17ClN6. The van der Waals surface area contributed by atoms with Crippen LogP contribution in [0, 0.1) is 0 Å². The Hall–Kier alpha value is -2.34. The number of hydrogen-bond acceptors (Lipinski definition) is 4. The molecule has 2 heterocycles. The second kappa shape index (κ2) is 5.81. The first-order valence-corrected chi connectivity index (χ1v) is 7.44. The number of piperidine rings is 1. The third-order valence-corrected chi connectivity index (χ3v) is 3.82. The minimum Gasteiger partial charge on any atom is -0.370 e. The maximum absolute atomic E-state index is 6.13. The zero-order valence-electron chi connectivity index (χ0n) is 12.1. The molecule has 1 aromatic heterocycles. The third kappa shape index (κ3) is 2.82. The van der Waals surface area contributed by atoms with E-state index in [1.807, 2.05) is 12.1 Å². The molecule has 4 N–H and O–H groups in total. The molecule has 1 saturated heterocycles. The van der Waals surface area contributed by atoms with Crippen molar-refractivity contribution in [3.63, 3.8) is 0 Å². The summed E-state index contributed by atoms with van der Waals surface area (Å²) in [5.74, 6) is 0.914. The first kappa shape index (κ1) is 14.6. The third-order valence-electron chi connectivity index (χ3n) is 3.59. The molecule has 22 heavy (non-hydrogen) atoms. The van der Waals surface area contributed by atoms with Gasteiger partial charge in [-0.05, 0) is 37.5 Å². The van der Waals surface area contributed by atoms with Crippen LogP contribution in [-0.4, -0.2) is 22.5 Å². The number of rotatable bonds is 2. The lowest BCUT2D eigenvalue weighted by molar-refractivity contribution is 0.638. The molecule has 0 bridgehead atoms. The normalized spacial score (nSPS) is 15.1. The molecule has 0 amide bonds. The highest BCUT2D eigenvalue weighted by Gasteiger charge is 2.20. The summed E-state index contributed by atoms with van der Waals surface area (Å²) in [7, 11) is 0. The summed E-state index contributed by atoms with van der Waals surface area (Å²) in [4.78, 5) is 14.9. The van der Waals surface area contributed by atoms with Gasteiger partial charge in [0.05, 0.1) is 5.52 Å². The molecule has 0 atom stereocenters. The molecule has 1 aliphatic heterocycles. The first-order valence-electron chi connectivity index (χ1n) is 7.07. The molecule has 1 aromatic carbocycles. The molecule has 0 spiro atoms. The Bertz CT molecular complexity index is 766. The van der Waals surface area contributed by atoms with Crippen molar-refractivity contribution in [2.75, 3.05) is 11.4 Å². The van der Waals surface area contributed by atoms with Gasteiger partial charge in [-0.25, -0.2) is 4.98 Å². The number of guanidine groups is 1. The number of benzene rings is 1. The molecule has 7 heteroatoms. The SMILES string of the molecule is C=C1CCCCN1c1nc(N=C(N)N)nc2ccc(Cl)cc12. The van der Waals surface area contributed by atoms with Crippen molar-refractivity contribution in [2.24, 2.45) is 16.5 Å². The molecule has 0 aliphatic carbocycles. The molecule has 2 aromatic rings. The lowest BCUT2D eigenvalue weighted by Gasteiger charge is -2.30. The fraction of sp³-hybridized carbons (Fsp3) is 0.267. The monoisotopic (exact) mass is 316 g/mol. The van der Waals surface area contributed by atoms with Crippen LogP contribution in [0.5, 0.6) is 0 Å². The van der Waals surface area contributed by atoms with Gasteiger partial charge in [0.25, 0.3) is 5.95 Å². The lowest BCUT2D eigenvalue weighted by atomic mass is 10.1. The Morgan fingerprint density at radius 1 is 1.27 bits per heavy atom. The molecule has 0 unspecified atom stereocenters. The Morgan fingerprint density at radius 3 is 2.82 bits per heavy atom. The molecule has 0 radical (unpaired) electrons. The van der Waals surface area contributed by atoms with Crippen LogP contribution in [0.25, 0.3) is 10.9 Å². The van der Waals surface area contributed by atoms with Gasteiger partial charge in [-0.3, -0.25) is 0 Å². The Balaban J connectivity index is 2.22. The summed E-state index contributed by atoms with van der Waals surface area (Å²) in [6.45, 7) is 5.00. The number of fused-ring (bicyclic) bond motifs is 1. The zero-order valence-corrected chi connectivity index (χ0v) is 12.8. The lowest BCUT2D eigenvalue weighted by Crippen LogP contribution is -2.28. The van der Waals surface area contributed by atoms with E-state index >= 15 is 0 Å². The molecule has 1 fully saturated rings. The predicted molar refractivity (Wildman–Crippen MR) is 90.4 cm³/mol. The van der Waals surface area contributed by atoms with Crippen LogP contribution >= 0.6 is 11.6 Å². The molecule has 6 nitrogen and oxygen atoms in total. The number of aromatic nitrogens is 2. The summed E-state index contributed by atoms with van der Waals surface area (Å²) < 4.78 is 0. The summed E-state index contributed by atoms with van der Waals surface area (Å²) in [5, 5.41) is 1.50. The minimum atomic E-state index is -0.0725. The van der Waals surface area contributed by atoms with Gasteiger partial charge in [-0.15, -0.1) is 0 Å². The average Bonchev–Trinajstić information content (AvgIpc) is 2.47. The van der Waals surface area contributed by atoms with Crippen LogP contribution < -0.4 is 16.4 Å². The molecule has 3 rings (SSSR count). The van der Waals surface area contributed by atoms with E-state index in [1.165, 1.54) is 0 Å². The van der Waals surface area contributed by atoms with Gasteiger partial charge in [0, 0.05) is 22.7 Å². The molecule has 114 valence electrons. The standard InChI is InChI=1S/C15H17ClN6/c1-9-4-2-3-7-22(9)13-11-8-10(16)5-6-12(11)19-15(20-13)21-14(17)18/h5-6,8H,1-4,7H2,(H4,17,18,19,20,21). The number of nitrogens with two attached hydrogens (primary N) is 2. The second-order valence-corrected chi connectivity index (χ2v) is 5.66. The van der Waals surface area contributed by atoms with E-state index in [-0.39, 0.29) is 11.9 Å². The fourth-order valence-electron chi connectivity index (χ4n) is 2.59. The van der Waals surface area contributed by atoms with Crippen molar-refractivity contribution in [2.45, 2.75) is 19.3 Å². The Morgan fingerprint density at radius 2 is 2.09 bits per heavy atom. The first-order chi connectivity index (χ1) is 10.5. The average molecular weight is 317 g/mol. The maximum atomic E-state index is 6.13. The van der Waals surface area contributed by atoms with Gasteiger partial charge in [0.1, 0.15) is 5.82 Å². The number of halogens is 1. The fourth-order valence-corrected chi connectivity index (χ4v) is 2.76. The van der Waals surface area contributed by atoms with Gasteiger partial charge in [-0.1, -0.05) is 18.2 Å². The van der Waals surface area contributed by atoms with Crippen molar-refractivity contribution in [1.29, 1.82) is 0 Å². The Kier molecular flexibility index (Phi) is 3.85. The largest absolute Gasteiger partial charge is 0.370 e. The number of nitrogens with zero attached hydrogens (tertiary/aromatic N) is 4. The number of hydrogen-bond donors (Lipinski definition) is 2. The van der Waals surface area contributed by atoms with Gasteiger partial charge in [0.15, 0.2) is 5.96 Å². The van der Waals surface area contributed by atoms with Crippen LogP contribution in [-0.2, 0) is 0 Å². The van der Waals surface area contributed by atoms with E-state index in [1.54, 1.807) is 6.07 Å². The van der Waals surface area contributed by atoms with Gasteiger partial charge in [-0.2, -0.15) is 9.98 Å². The molecule has 0 saturated carbocycles. The Labute approximate surface area is 133 Å². The van der Waals surface area contributed by atoms with Crippen LogP contribution in [0.4, 0.5) is 11.8 Å². The van der Waals surface area contributed by atoms with Crippen LogP contribution in [0.3, 0.4) is 0 Å². The van der Waals surface area contributed by atoms with Crippen LogP contribution in [0.2, 0.25) is 5.02 Å². The van der Waals surface area contributed by atoms with E-state index in [2.05, 4.69) is 26.4 Å². The summed E-state index contributed by atoms with van der Waals surface area (Å²) in [6, 6.07) is 5.47. The van der Waals surface area contributed by atoms with Crippen LogP contribution in [0.15, 0.2) is 35.5 Å². The van der Waals surface area contributed by atoms with Crippen molar-refractivity contribution in [1.82, 2.24) is 9.97 Å². The van der Waals surface area contributed by atoms with E-state index in [9.17, 15) is 0 Å².